The minimum Gasteiger partial charge on any atom is -0.392 e. The molecule has 0 bridgehead atoms. The third-order valence-electron chi connectivity index (χ3n) is 10.9. The molecule has 0 saturated carbocycles. The lowest BCUT2D eigenvalue weighted by atomic mass is 9.89. The van der Waals surface area contributed by atoms with Gasteiger partial charge in [0.05, 0.1) is 32.0 Å². The summed E-state index contributed by atoms with van der Waals surface area (Å²) in [6.45, 7) is 5.77. The van der Waals surface area contributed by atoms with E-state index >= 15 is 0 Å². The second-order valence-corrected chi connectivity index (χ2v) is 14.4. The molecule has 4 saturated heterocycles. The van der Waals surface area contributed by atoms with Crippen molar-refractivity contribution < 1.29 is 46.8 Å². The Labute approximate surface area is 307 Å². The topological polar surface area (TPSA) is 110 Å². The molecule has 2 N–H and O–H groups in total. The highest BCUT2D eigenvalue weighted by atomic mass is 19.4. The maximum absolute atomic E-state index is 13.1. The fraction of sp³-hybridized carbons (Fsp3) is 0.500. The number of likely N-dealkylation sites (tertiary alicyclic amines) is 2. The molecule has 53 heavy (non-hydrogen) atoms. The van der Waals surface area contributed by atoms with E-state index in [1.54, 1.807) is 0 Å². The Kier molecular flexibility index (Phi) is 11.2. The Morgan fingerprint density at radius 1 is 0.887 bits per heavy atom. The maximum Gasteiger partial charge on any atom is 0.471 e. The molecule has 1 spiro atoms. The van der Waals surface area contributed by atoms with Gasteiger partial charge in [-0.2, -0.15) is 13.2 Å². The minimum atomic E-state index is -5.02. The van der Waals surface area contributed by atoms with Gasteiger partial charge < -0.3 is 39.2 Å². The molecule has 4 heterocycles. The van der Waals surface area contributed by atoms with Crippen LogP contribution in [-0.2, 0) is 41.7 Å². The molecule has 13 heteroatoms. The van der Waals surface area contributed by atoms with Gasteiger partial charge in [0.2, 0.25) is 5.91 Å². The van der Waals surface area contributed by atoms with Crippen molar-refractivity contribution in [3.05, 3.63) is 95.1 Å². The van der Waals surface area contributed by atoms with Crippen LogP contribution in [-0.4, -0.2) is 90.2 Å². The Balaban J connectivity index is 1.06. The number of carbonyl (C=O) groups excluding carboxylic acids is 2. The summed E-state index contributed by atoms with van der Waals surface area (Å²) in [5.41, 5.74) is 5.21. The van der Waals surface area contributed by atoms with Crippen LogP contribution in [0.2, 0.25) is 0 Å². The van der Waals surface area contributed by atoms with Crippen LogP contribution < -0.4 is 5.32 Å². The van der Waals surface area contributed by atoms with E-state index in [1.165, 1.54) is 0 Å². The number of nitrogens with zero attached hydrogens (tertiary/aromatic N) is 2. The van der Waals surface area contributed by atoms with E-state index in [4.69, 9.17) is 18.9 Å². The van der Waals surface area contributed by atoms with Crippen molar-refractivity contribution in [1.82, 2.24) is 15.1 Å². The van der Waals surface area contributed by atoms with Crippen molar-refractivity contribution in [2.45, 2.75) is 82.3 Å². The second kappa shape index (κ2) is 15.9. The van der Waals surface area contributed by atoms with Gasteiger partial charge in [0.15, 0.2) is 12.1 Å². The molecule has 4 aliphatic rings. The lowest BCUT2D eigenvalue weighted by molar-refractivity contribution is -0.278. The molecule has 10 nitrogen and oxygen atoms in total. The summed E-state index contributed by atoms with van der Waals surface area (Å²) in [5.74, 6) is -3.02. The van der Waals surface area contributed by atoms with E-state index in [2.05, 4.69) is 17.1 Å². The van der Waals surface area contributed by atoms with Crippen LogP contribution in [0.4, 0.5) is 13.2 Å². The number of aliphatic hydroxyl groups excluding tert-OH is 1. The molecule has 284 valence electrons. The van der Waals surface area contributed by atoms with Crippen molar-refractivity contribution in [1.29, 1.82) is 0 Å². The van der Waals surface area contributed by atoms with Gasteiger partial charge in [-0.15, -0.1) is 0 Å². The highest BCUT2D eigenvalue weighted by molar-refractivity contribution is 5.90. The fourth-order valence-electron chi connectivity index (χ4n) is 7.92. The van der Waals surface area contributed by atoms with Gasteiger partial charge in [-0.25, -0.2) is 0 Å². The fourth-order valence-corrected chi connectivity index (χ4v) is 7.92. The molecule has 3 aromatic carbocycles. The standard InChI is InChI=1S/C40H46F3N3O7/c1-26-34(24-45-17-14-39(15-18-45)50-19-20-51-39)52-37(53-35(26)29-12-10-27(25-47)11-13-29)32-8-3-7-31(22-32)30-6-2-5-28(21-30)23-44-36(48)33-9-4-16-46(33)38(49)40(41,42)43/h2-3,5-8,10-13,21-22,26,33-35,37,47H,4,9,14-20,23-25H2,1H3,(H,44,48). The summed E-state index contributed by atoms with van der Waals surface area (Å²) in [6.07, 6.45) is -3.96. The lowest BCUT2D eigenvalue weighted by Gasteiger charge is -2.44. The zero-order valence-electron chi connectivity index (χ0n) is 29.7. The van der Waals surface area contributed by atoms with Crippen molar-refractivity contribution in [3.63, 3.8) is 0 Å². The molecule has 0 aliphatic carbocycles. The van der Waals surface area contributed by atoms with Crippen LogP contribution in [0, 0.1) is 5.92 Å². The molecule has 3 aromatic rings. The Morgan fingerprint density at radius 3 is 2.28 bits per heavy atom. The van der Waals surface area contributed by atoms with Gasteiger partial charge in [0.1, 0.15) is 6.04 Å². The van der Waals surface area contributed by atoms with E-state index in [9.17, 15) is 27.9 Å². The van der Waals surface area contributed by atoms with E-state index < -0.39 is 36.1 Å². The van der Waals surface area contributed by atoms with E-state index in [-0.39, 0.29) is 44.2 Å². The Morgan fingerprint density at radius 2 is 1.58 bits per heavy atom. The minimum absolute atomic E-state index is 0.0269. The number of alkyl halides is 3. The smallest absolute Gasteiger partial charge is 0.392 e. The van der Waals surface area contributed by atoms with Gasteiger partial charge in [0.25, 0.3) is 0 Å². The first-order chi connectivity index (χ1) is 25.5. The second-order valence-electron chi connectivity index (χ2n) is 14.4. The summed E-state index contributed by atoms with van der Waals surface area (Å²) in [4.78, 5) is 27.8. The quantitative estimate of drug-likeness (QED) is 0.291. The van der Waals surface area contributed by atoms with E-state index in [0.29, 0.717) is 24.5 Å². The monoisotopic (exact) mass is 737 g/mol. The zero-order valence-corrected chi connectivity index (χ0v) is 29.7. The third kappa shape index (κ3) is 8.45. The number of ether oxygens (including phenoxy) is 4. The molecule has 5 atom stereocenters. The van der Waals surface area contributed by atoms with Crippen LogP contribution >= 0.6 is 0 Å². The highest BCUT2D eigenvalue weighted by Crippen LogP contribution is 2.43. The normalized spacial score (nSPS) is 26.2. The largest absolute Gasteiger partial charge is 0.471 e. The van der Waals surface area contributed by atoms with Gasteiger partial charge in [-0.3, -0.25) is 9.59 Å². The molecule has 0 radical (unpaired) electrons. The summed E-state index contributed by atoms with van der Waals surface area (Å²) < 4.78 is 64.6. The van der Waals surface area contributed by atoms with Crippen molar-refractivity contribution in [3.8, 4) is 11.1 Å². The van der Waals surface area contributed by atoms with Crippen LogP contribution in [0.1, 0.15) is 67.3 Å². The van der Waals surface area contributed by atoms with Crippen molar-refractivity contribution in [2.75, 3.05) is 39.4 Å². The first-order valence-electron chi connectivity index (χ1n) is 18.4. The summed E-state index contributed by atoms with van der Waals surface area (Å²) in [7, 11) is 0. The zero-order chi connectivity index (χ0) is 37.2. The number of hydrogen-bond donors (Lipinski definition) is 2. The number of hydrogen-bond acceptors (Lipinski definition) is 8. The highest BCUT2D eigenvalue weighted by Gasteiger charge is 2.48. The first-order valence-corrected chi connectivity index (χ1v) is 18.4. The van der Waals surface area contributed by atoms with E-state index in [1.807, 2.05) is 72.8 Å². The molecule has 2 amide bonds. The Bertz CT molecular complexity index is 1740. The summed E-state index contributed by atoms with van der Waals surface area (Å²) >= 11 is 0. The molecule has 7 rings (SSSR count). The average molecular weight is 738 g/mol. The number of benzene rings is 3. The average Bonchev–Trinajstić information content (AvgIpc) is 3.86. The summed E-state index contributed by atoms with van der Waals surface area (Å²) in [5, 5.41) is 12.4. The first kappa shape index (κ1) is 37.5. The van der Waals surface area contributed by atoms with Crippen LogP contribution in [0.15, 0.2) is 72.8 Å². The number of piperidine rings is 1. The number of halogens is 3. The molecule has 4 fully saturated rings. The van der Waals surface area contributed by atoms with Crippen LogP contribution in [0.25, 0.3) is 11.1 Å². The molecule has 5 unspecified atom stereocenters. The predicted octanol–water partition coefficient (Wildman–Crippen LogP) is 5.65. The predicted molar refractivity (Wildman–Crippen MR) is 188 cm³/mol. The number of carbonyl (C=O) groups is 2. The molecule has 4 aliphatic heterocycles. The number of nitrogens with one attached hydrogen (secondary N) is 1. The van der Waals surface area contributed by atoms with Crippen molar-refractivity contribution >= 4 is 11.8 Å². The van der Waals surface area contributed by atoms with Crippen LogP contribution in [0.3, 0.4) is 0 Å². The van der Waals surface area contributed by atoms with Gasteiger partial charge in [-0.05, 0) is 52.8 Å². The third-order valence-corrected chi connectivity index (χ3v) is 10.9. The van der Waals surface area contributed by atoms with Crippen molar-refractivity contribution in [2.24, 2.45) is 5.92 Å². The van der Waals surface area contributed by atoms with E-state index in [0.717, 1.165) is 65.9 Å². The Hall–Kier alpha value is -3.85. The number of aliphatic hydroxyl groups is 1. The van der Waals surface area contributed by atoms with Crippen LogP contribution in [0.5, 0.6) is 0 Å². The number of rotatable bonds is 9. The van der Waals surface area contributed by atoms with Gasteiger partial charge in [0, 0.05) is 57.0 Å². The van der Waals surface area contributed by atoms with Gasteiger partial charge >= 0.3 is 12.1 Å². The molecular weight excluding hydrogens is 691 g/mol. The molecule has 0 aromatic heterocycles. The SMILES string of the molecule is CC1C(CN2CCC3(CC2)OCCO3)OC(c2cccc(-c3cccc(CNC(=O)C4CCCN4C(=O)C(F)(F)F)c3)c2)OC1c1ccc(CO)cc1. The molecular formula is C40H46F3N3O7. The maximum atomic E-state index is 13.1. The lowest BCUT2D eigenvalue weighted by Crippen LogP contribution is -2.50. The van der Waals surface area contributed by atoms with Gasteiger partial charge in [-0.1, -0.05) is 67.6 Å². The summed E-state index contributed by atoms with van der Waals surface area (Å²) in [6, 6.07) is 22.2. The number of amides is 2.